The molecule has 0 radical (unpaired) electrons. The Balaban J connectivity index is 1.79. The molecule has 4 aromatic rings. The fourth-order valence-electron chi connectivity index (χ4n) is 2.77. The van der Waals surface area contributed by atoms with Gasteiger partial charge in [0, 0.05) is 14.9 Å². The highest BCUT2D eigenvalue weighted by Gasteiger charge is 2.36. The van der Waals surface area contributed by atoms with Crippen molar-refractivity contribution in [1.82, 2.24) is 19.9 Å². The highest BCUT2D eigenvalue weighted by atomic mass is 79.9. The molecule has 0 unspecified atom stereocenters. The summed E-state index contributed by atoms with van der Waals surface area (Å²) in [5.41, 5.74) is -0.581. The van der Waals surface area contributed by atoms with Crippen LogP contribution in [0.5, 0.6) is 0 Å². The smallest absolute Gasteiger partial charge is 0.347 e. The van der Waals surface area contributed by atoms with Crippen molar-refractivity contribution < 1.29 is 18.0 Å². The first-order valence-corrected chi connectivity index (χ1v) is 10.0. The van der Waals surface area contributed by atoms with Crippen molar-refractivity contribution in [2.75, 3.05) is 0 Å². The molecular formula is C19H12BrF3N4OS. The van der Waals surface area contributed by atoms with Gasteiger partial charge in [0.2, 0.25) is 0 Å². The second-order valence-corrected chi connectivity index (χ2v) is 8.03. The van der Waals surface area contributed by atoms with Crippen LogP contribution in [-0.4, -0.2) is 20.5 Å². The molecule has 29 heavy (non-hydrogen) atoms. The monoisotopic (exact) mass is 480 g/mol. The fraction of sp³-hybridized carbons (Fsp3) is 0.105. The molecule has 0 aliphatic rings. The minimum atomic E-state index is -4.66. The van der Waals surface area contributed by atoms with Gasteiger partial charge in [-0.25, -0.2) is 9.50 Å². The lowest BCUT2D eigenvalue weighted by Gasteiger charge is -2.11. The van der Waals surface area contributed by atoms with E-state index >= 15 is 0 Å². The van der Waals surface area contributed by atoms with Gasteiger partial charge in [-0.3, -0.25) is 4.79 Å². The molecule has 1 amide bonds. The molecule has 3 heterocycles. The Labute approximate surface area is 175 Å². The standard InChI is InChI=1S/C19H12BrF3N4OS/c20-12-5-3-11(4-6-12)15-8-16(19(21,22)23)27-17(26-15)14(10-25-27)18(28)24-9-13-2-1-7-29-13/h1-8,10H,9H2,(H,24,28). The number of nitrogens with one attached hydrogen (secondary N) is 1. The predicted octanol–water partition coefficient (Wildman–Crippen LogP) is 5.17. The quantitative estimate of drug-likeness (QED) is 0.438. The maximum Gasteiger partial charge on any atom is 0.433 e. The molecular weight excluding hydrogens is 469 g/mol. The summed E-state index contributed by atoms with van der Waals surface area (Å²) >= 11 is 4.76. The van der Waals surface area contributed by atoms with Crippen molar-refractivity contribution in [2.45, 2.75) is 12.7 Å². The Hall–Kier alpha value is -2.72. The van der Waals surface area contributed by atoms with Crippen LogP contribution in [0.2, 0.25) is 0 Å². The fourth-order valence-corrected chi connectivity index (χ4v) is 3.68. The largest absolute Gasteiger partial charge is 0.433 e. The average molecular weight is 481 g/mol. The van der Waals surface area contributed by atoms with Gasteiger partial charge in [0.05, 0.1) is 18.4 Å². The number of carbonyl (C=O) groups is 1. The number of aromatic nitrogens is 3. The molecule has 0 aliphatic carbocycles. The minimum Gasteiger partial charge on any atom is -0.347 e. The van der Waals surface area contributed by atoms with Crippen LogP contribution in [-0.2, 0) is 12.7 Å². The molecule has 1 N–H and O–H groups in total. The lowest BCUT2D eigenvalue weighted by molar-refractivity contribution is -0.142. The van der Waals surface area contributed by atoms with Crippen molar-refractivity contribution >= 4 is 38.8 Å². The third-order valence-corrected chi connectivity index (χ3v) is 5.56. The first kappa shape index (κ1) is 19.6. The van der Waals surface area contributed by atoms with E-state index in [2.05, 4.69) is 31.3 Å². The van der Waals surface area contributed by atoms with Gasteiger partial charge in [0.15, 0.2) is 11.3 Å². The van der Waals surface area contributed by atoms with Crippen LogP contribution in [0, 0.1) is 0 Å². The highest BCUT2D eigenvalue weighted by Crippen LogP contribution is 2.33. The van der Waals surface area contributed by atoms with E-state index < -0.39 is 17.8 Å². The first-order chi connectivity index (χ1) is 13.8. The highest BCUT2D eigenvalue weighted by molar-refractivity contribution is 9.10. The number of hydrogen-bond acceptors (Lipinski definition) is 4. The van der Waals surface area contributed by atoms with Crippen molar-refractivity contribution in [2.24, 2.45) is 0 Å². The minimum absolute atomic E-state index is 0.0222. The molecule has 5 nitrogen and oxygen atoms in total. The molecule has 0 bridgehead atoms. The molecule has 1 aromatic carbocycles. The van der Waals surface area contributed by atoms with E-state index in [9.17, 15) is 18.0 Å². The van der Waals surface area contributed by atoms with E-state index in [0.717, 1.165) is 21.6 Å². The number of thiophene rings is 1. The lowest BCUT2D eigenvalue weighted by atomic mass is 10.1. The Morgan fingerprint density at radius 1 is 1.21 bits per heavy atom. The van der Waals surface area contributed by atoms with Crippen LogP contribution < -0.4 is 5.32 Å². The number of fused-ring (bicyclic) bond motifs is 1. The molecule has 0 saturated heterocycles. The number of alkyl halides is 3. The second-order valence-electron chi connectivity index (χ2n) is 6.09. The van der Waals surface area contributed by atoms with E-state index in [4.69, 9.17) is 0 Å². The SMILES string of the molecule is O=C(NCc1cccs1)c1cnn2c(C(F)(F)F)cc(-c3ccc(Br)cc3)nc12. The predicted molar refractivity (Wildman–Crippen MR) is 107 cm³/mol. The maximum atomic E-state index is 13.6. The van der Waals surface area contributed by atoms with Crippen LogP contribution in [0.15, 0.2) is 58.5 Å². The number of halogens is 4. The summed E-state index contributed by atoms with van der Waals surface area (Å²) in [6.07, 6.45) is -3.56. The molecule has 4 rings (SSSR count). The molecule has 0 saturated carbocycles. The number of benzene rings is 1. The topological polar surface area (TPSA) is 59.3 Å². The summed E-state index contributed by atoms with van der Waals surface area (Å²) < 4.78 is 42.3. The van der Waals surface area contributed by atoms with Crippen molar-refractivity contribution in [1.29, 1.82) is 0 Å². The Morgan fingerprint density at radius 3 is 2.62 bits per heavy atom. The first-order valence-electron chi connectivity index (χ1n) is 8.35. The van der Waals surface area contributed by atoms with E-state index in [-0.39, 0.29) is 23.4 Å². The summed E-state index contributed by atoms with van der Waals surface area (Å²) in [7, 11) is 0. The summed E-state index contributed by atoms with van der Waals surface area (Å²) in [6.45, 7) is 0.270. The van der Waals surface area contributed by atoms with Gasteiger partial charge < -0.3 is 5.32 Å². The van der Waals surface area contributed by atoms with E-state index in [1.54, 1.807) is 24.3 Å². The van der Waals surface area contributed by atoms with E-state index in [1.807, 2.05) is 17.5 Å². The molecule has 0 aliphatic heterocycles. The van der Waals surface area contributed by atoms with Crippen molar-refractivity contribution in [3.05, 3.63) is 74.6 Å². The van der Waals surface area contributed by atoms with Gasteiger partial charge in [0.1, 0.15) is 5.56 Å². The summed E-state index contributed by atoms with van der Waals surface area (Å²) in [6, 6.07) is 11.3. The molecule has 148 valence electrons. The normalized spacial score (nSPS) is 11.7. The molecule has 0 spiro atoms. The summed E-state index contributed by atoms with van der Waals surface area (Å²) in [4.78, 5) is 17.8. The number of carbonyl (C=O) groups excluding carboxylic acids is 1. The molecule has 10 heteroatoms. The number of amides is 1. The average Bonchev–Trinajstić information content (AvgIpc) is 3.35. The van der Waals surface area contributed by atoms with Crippen LogP contribution in [0.3, 0.4) is 0 Å². The van der Waals surface area contributed by atoms with Gasteiger partial charge in [-0.1, -0.05) is 34.1 Å². The van der Waals surface area contributed by atoms with Crippen LogP contribution in [0.25, 0.3) is 16.9 Å². The zero-order valence-corrected chi connectivity index (χ0v) is 17.0. The Kier molecular flexibility index (Phi) is 5.13. The zero-order chi connectivity index (χ0) is 20.6. The van der Waals surface area contributed by atoms with Crippen molar-refractivity contribution in [3.8, 4) is 11.3 Å². The Bertz CT molecular complexity index is 1170. The molecule has 0 atom stereocenters. The third kappa shape index (κ3) is 4.03. The number of hydrogen-bond donors (Lipinski definition) is 1. The van der Waals surface area contributed by atoms with Gasteiger partial charge in [-0.2, -0.15) is 18.3 Å². The zero-order valence-electron chi connectivity index (χ0n) is 14.6. The van der Waals surface area contributed by atoms with Gasteiger partial charge in [0.25, 0.3) is 5.91 Å². The van der Waals surface area contributed by atoms with Crippen molar-refractivity contribution in [3.63, 3.8) is 0 Å². The number of rotatable bonds is 4. The van der Waals surface area contributed by atoms with Crippen LogP contribution in [0.4, 0.5) is 13.2 Å². The number of nitrogens with zero attached hydrogens (tertiary/aromatic N) is 3. The van der Waals surface area contributed by atoms with E-state index in [1.165, 1.54) is 11.3 Å². The van der Waals surface area contributed by atoms with Gasteiger partial charge in [-0.15, -0.1) is 11.3 Å². The summed E-state index contributed by atoms with van der Waals surface area (Å²) in [5, 5.41) is 8.34. The third-order valence-electron chi connectivity index (χ3n) is 4.15. The summed E-state index contributed by atoms with van der Waals surface area (Å²) in [5.74, 6) is -0.540. The lowest BCUT2D eigenvalue weighted by Crippen LogP contribution is -2.22. The van der Waals surface area contributed by atoms with Gasteiger partial charge >= 0.3 is 6.18 Å². The van der Waals surface area contributed by atoms with Crippen LogP contribution >= 0.6 is 27.3 Å². The second kappa shape index (κ2) is 7.60. The van der Waals surface area contributed by atoms with E-state index in [0.29, 0.717) is 10.1 Å². The Morgan fingerprint density at radius 2 is 1.97 bits per heavy atom. The maximum absolute atomic E-state index is 13.6. The van der Waals surface area contributed by atoms with Gasteiger partial charge in [-0.05, 0) is 29.6 Å². The molecule has 0 fully saturated rings. The van der Waals surface area contributed by atoms with Crippen LogP contribution in [0.1, 0.15) is 20.9 Å². The molecule has 3 aromatic heterocycles.